The molecule has 2 aromatic rings. The highest BCUT2D eigenvalue weighted by atomic mass is 32.2. The minimum absolute atomic E-state index is 0.00129. The zero-order valence-electron chi connectivity index (χ0n) is 17.5. The van der Waals surface area contributed by atoms with E-state index in [4.69, 9.17) is 0 Å². The van der Waals surface area contributed by atoms with E-state index in [1.54, 1.807) is 19.1 Å². The maximum Gasteiger partial charge on any atom is 0.256 e. The summed E-state index contributed by atoms with van der Waals surface area (Å²) in [7, 11) is -7.07. The molecular weight excluding hydrogens is 463 g/mol. The molecule has 0 spiro atoms. The summed E-state index contributed by atoms with van der Waals surface area (Å²) in [4.78, 5) is 23.5. The second-order valence-electron chi connectivity index (χ2n) is 6.88. The highest BCUT2D eigenvalue weighted by Crippen LogP contribution is 2.15. The van der Waals surface area contributed by atoms with Crippen LogP contribution in [0.5, 0.6) is 0 Å². The predicted octanol–water partition coefficient (Wildman–Crippen LogP) is 0.269. The fraction of sp³-hybridized carbons (Fsp3) is 0.263. The molecule has 174 valence electrons. The highest BCUT2D eigenvalue weighted by Gasteiger charge is 2.26. The maximum atomic E-state index is 13.7. The van der Waals surface area contributed by atoms with Crippen LogP contribution in [0.1, 0.15) is 12.5 Å². The first-order valence-electron chi connectivity index (χ1n) is 9.23. The van der Waals surface area contributed by atoms with Crippen LogP contribution in [0.3, 0.4) is 0 Å². The third-order valence-electron chi connectivity index (χ3n) is 4.27. The molecule has 0 radical (unpaired) electrons. The van der Waals surface area contributed by atoms with Crippen LogP contribution in [-0.4, -0.2) is 52.6 Å². The third kappa shape index (κ3) is 6.32. The van der Waals surface area contributed by atoms with Crippen LogP contribution in [-0.2, 0) is 29.6 Å². The molecule has 0 saturated heterocycles. The molecule has 32 heavy (non-hydrogen) atoms. The molecule has 3 N–H and O–H groups in total. The Kier molecular flexibility index (Phi) is 8.07. The normalized spacial score (nSPS) is 12.9. The number of sulfonamides is 2. The van der Waals surface area contributed by atoms with Gasteiger partial charge in [0.05, 0.1) is 17.5 Å². The summed E-state index contributed by atoms with van der Waals surface area (Å²) in [6, 6.07) is 9.31. The van der Waals surface area contributed by atoms with Crippen molar-refractivity contribution in [2.75, 3.05) is 13.6 Å². The number of likely N-dealkylation sites (N-methyl/N-ethyl adjacent to an activating group) is 1. The van der Waals surface area contributed by atoms with Gasteiger partial charge in [-0.05, 0) is 38.1 Å². The van der Waals surface area contributed by atoms with Gasteiger partial charge >= 0.3 is 0 Å². The van der Waals surface area contributed by atoms with Crippen molar-refractivity contribution in [3.05, 3.63) is 59.9 Å². The van der Waals surface area contributed by atoms with E-state index in [9.17, 15) is 30.8 Å². The fourth-order valence-corrected chi connectivity index (χ4v) is 4.88. The highest BCUT2D eigenvalue weighted by molar-refractivity contribution is 7.89. The Labute approximate surface area is 185 Å². The van der Waals surface area contributed by atoms with Gasteiger partial charge in [-0.25, -0.2) is 21.2 Å². The van der Waals surface area contributed by atoms with Gasteiger partial charge in [0.1, 0.15) is 10.7 Å². The molecule has 2 rings (SSSR count). The first-order chi connectivity index (χ1) is 14.8. The van der Waals surface area contributed by atoms with Crippen molar-refractivity contribution in [2.45, 2.75) is 29.7 Å². The van der Waals surface area contributed by atoms with Crippen molar-refractivity contribution in [2.24, 2.45) is 0 Å². The van der Waals surface area contributed by atoms with Crippen LogP contribution in [0.4, 0.5) is 4.39 Å². The van der Waals surface area contributed by atoms with Gasteiger partial charge in [0.2, 0.25) is 20.0 Å². The molecule has 13 heteroatoms. The summed E-state index contributed by atoms with van der Waals surface area (Å²) in [5.74, 6) is -2.79. The van der Waals surface area contributed by atoms with Gasteiger partial charge in [-0.15, -0.1) is 0 Å². The van der Waals surface area contributed by atoms with Gasteiger partial charge in [-0.3, -0.25) is 20.4 Å². The summed E-state index contributed by atoms with van der Waals surface area (Å²) in [5.41, 5.74) is 4.87. The number of rotatable bonds is 8. The molecule has 0 heterocycles. The Morgan fingerprint density at radius 3 is 2.19 bits per heavy atom. The lowest BCUT2D eigenvalue weighted by Crippen LogP contribution is -2.52. The van der Waals surface area contributed by atoms with Crippen molar-refractivity contribution in [3.63, 3.8) is 0 Å². The number of hydrogen-bond donors (Lipinski definition) is 3. The Morgan fingerprint density at radius 1 is 1.00 bits per heavy atom. The number of halogens is 1. The van der Waals surface area contributed by atoms with Crippen LogP contribution in [0.2, 0.25) is 0 Å². The molecule has 0 bridgehead atoms. The Bertz CT molecular complexity index is 1200. The smallest absolute Gasteiger partial charge is 0.256 e. The molecular formula is C19H23FN4O6S2. The number of nitrogens with one attached hydrogen (secondary N) is 3. The number of carbonyl (C=O) groups excluding carboxylic acids is 2. The molecule has 0 aromatic heterocycles. The summed E-state index contributed by atoms with van der Waals surface area (Å²) in [6.45, 7) is 2.38. The number of aryl methyl sites for hydroxylation is 1. The van der Waals surface area contributed by atoms with E-state index in [0.717, 1.165) is 22.0 Å². The molecule has 0 aliphatic carbocycles. The molecule has 2 amide bonds. The van der Waals surface area contributed by atoms with E-state index in [1.165, 1.54) is 38.2 Å². The maximum absolute atomic E-state index is 13.7. The number of hydrazine groups is 1. The minimum Gasteiger partial charge on any atom is -0.272 e. The van der Waals surface area contributed by atoms with E-state index in [-0.39, 0.29) is 4.90 Å². The van der Waals surface area contributed by atoms with E-state index in [1.807, 2.05) is 15.6 Å². The zero-order chi connectivity index (χ0) is 24.1. The lowest BCUT2D eigenvalue weighted by atomic mass is 10.2. The van der Waals surface area contributed by atoms with Crippen LogP contribution in [0.15, 0.2) is 58.3 Å². The first kappa shape index (κ1) is 25.4. The standard InChI is InChI=1S/C19H23FN4O6S2/c1-13-8-10-15(11-9-13)32(29,30)24(3)12-18(25)21-22-19(26)14(2)23-31(27,28)17-7-5-4-6-16(17)20/h4-11,14,23H,12H2,1-3H3,(H,21,25)(H,22,26)/t14-/m0/s1. The van der Waals surface area contributed by atoms with Crippen LogP contribution >= 0.6 is 0 Å². The third-order valence-corrected chi connectivity index (χ3v) is 7.66. The molecule has 2 aromatic carbocycles. The molecule has 1 atom stereocenters. The number of carbonyl (C=O) groups is 2. The van der Waals surface area contributed by atoms with Gasteiger partial charge in [-0.2, -0.15) is 9.03 Å². The topological polar surface area (TPSA) is 142 Å². The number of hydrogen-bond acceptors (Lipinski definition) is 6. The second kappa shape index (κ2) is 10.2. The molecule has 0 saturated carbocycles. The van der Waals surface area contributed by atoms with E-state index >= 15 is 0 Å². The van der Waals surface area contributed by atoms with Crippen LogP contribution < -0.4 is 15.6 Å². The molecule has 10 nitrogen and oxygen atoms in total. The average molecular weight is 487 g/mol. The molecule has 0 unspecified atom stereocenters. The first-order valence-corrected chi connectivity index (χ1v) is 12.2. The van der Waals surface area contributed by atoms with Crippen molar-refractivity contribution in [3.8, 4) is 0 Å². The van der Waals surface area contributed by atoms with Crippen molar-refractivity contribution < 1.29 is 30.8 Å². The lowest BCUT2D eigenvalue weighted by Gasteiger charge is -2.18. The molecule has 0 aliphatic heterocycles. The summed E-state index contributed by atoms with van der Waals surface area (Å²) >= 11 is 0. The SMILES string of the molecule is Cc1ccc(S(=O)(=O)N(C)CC(=O)NNC(=O)[C@H](C)NS(=O)(=O)c2ccccc2F)cc1. The van der Waals surface area contributed by atoms with Gasteiger partial charge in [0.15, 0.2) is 0 Å². The predicted molar refractivity (Wildman–Crippen MR) is 113 cm³/mol. The summed E-state index contributed by atoms with van der Waals surface area (Å²) in [6.07, 6.45) is 0. The van der Waals surface area contributed by atoms with E-state index in [2.05, 4.69) is 0 Å². The summed E-state index contributed by atoms with van der Waals surface area (Å²) < 4.78 is 65.9. The summed E-state index contributed by atoms with van der Waals surface area (Å²) in [5, 5.41) is 0. The number of benzene rings is 2. The van der Waals surface area contributed by atoms with Gasteiger partial charge in [-0.1, -0.05) is 29.8 Å². The van der Waals surface area contributed by atoms with Crippen molar-refractivity contribution in [1.82, 2.24) is 19.9 Å². The van der Waals surface area contributed by atoms with Gasteiger partial charge in [0, 0.05) is 7.05 Å². The second-order valence-corrected chi connectivity index (χ2v) is 10.6. The molecule has 0 aliphatic rings. The average Bonchev–Trinajstić information content (AvgIpc) is 2.72. The number of nitrogens with zero attached hydrogens (tertiary/aromatic N) is 1. The van der Waals surface area contributed by atoms with Gasteiger partial charge in [0.25, 0.3) is 11.8 Å². The van der Waals surface area contributed by atoms with Crippen LogP contribution in [0, 0.1) is 12.7 Å². The van der Waals surface area contributed by atoms with Crippen molar-refractivity contribution in [1.29, 1.82) is 0 Å². The Hall–Kier alpha value is -2.87. The monoisotopic (exact) mass is 486 g/mol. The lowest BCUT2D eigenvalue weighted by molar-refractivity contribution is -0.129. The molecule has 0 fully saturated rings. The Morgan fingerprint density at radius 2 is 1.59 bits per heavy atom. The largest absolute Gasteiger partial charge is 0.272 e. The zero-order valence-corrected chi connectivity index (χ0v) is 19.1. The van der Waals surface area contributed by atoms with Crippen molar-refractivity contribution >= 4 is 31.9 Å². The minimum atomic E-state index is -4.33. The number of amides is 2. The quantitative estimate of drug-likeness (QED) is 0.457. The van der Waals surface area contributed by atoms with Crippen LogP contribution in [0.25, 0.3) is 0 Å². The van der Waals surface area contributed by atoms with E-state index in [0.29, 0.717) is 0 Å². The van der Waals surface area contributed by atoms with E-state index < -0.39 is 55.2 Å². The fourth-order valence-electron chi connectivity index (χ4n) is 2.47. The van der Waals surface area contributed by atoms with Gasteiger partial charge < -0.3 is 0 Å². The Balaban J connectivity index is 1.92.